The zero-order valence-electron chi connectivity index (χ0n) is 14.9. The molecule has 2 fully saturated rings. The normalized spacial score (nSPS) is 26.6. The Morgan fingerprint density at radius 2 is 1.96 bits per heavy atom. The van der Waals surface area contributed by atoms with Crippen LogP contribution in [0.5, 0.6) is 0 Å². The van der Waals surface area contributed by atoms with Crippen LogP contribution in [0.25, 0.3) is 0 Å². The number of nitrogens with zero attached hydrogens (tertiary/aromatic N) is 1. The lowest BCUT2D eigenvalue weighted by Gasteiger charge is -2.35. The van der Waals surface area contributed by atoms with Crippen LogP contribution in [0.3, 0.4) is 0 Å². The first-order chi connectivity index (χ1) is 11.5. The van der Waals surface area contributed by atoms with Gasteiger partial charge in [0.25, 0.3) is 0 Å². The maximum absolute atomic E-state index is 12.5. The predicted octanol–water partition coefficient (Wildman–Crippen LogP) is 2.09. The maximum Gasteiger partial charge on any atom is 0.227 e. The molecule has 0 aromatic heterocycles. The minimum Gasteiger partial charge on any atom is -0.373 e. The molecule has 0 radical (unpaired) electrons. The summed E-state index contributed by atoms with van der Waals surface area (Å²) in [7, 11) is 0. The van der Waals surface area contributed by atoms with Crippen molar-refractivity contribution in [3.63, 3.8) is 0 Å². The van der Waals surface area contributed by atoms with Gasteiger partial charge in [-0.3, -0.25) is 9.69 Å². The van der Waals surface area contributed by atoms with Crippen LogP contribution in [0, 0.1) is 11.8 Å². The summed E-state index contributed by atoms with van der Waals surface area (Å²) in [5, 5.41) is 6.38. The van der Waals surface area contributed by atoms with Crippen molar-refractivity contribution in [2.45, 2.75) is 39.5 Å². The number of morpholine rings is 1. The molecule has 2 heterocycles. The van der Waals surface area contributed by atoms with Gasteiger partial charge in [0.1, 0.15) is 0 Å². The van der Waals surface area contributed by atoms with E-state index < -0.39 is 0 Å². The highest BCUT2D eigenvalue weighted by Gasteiger charge is 2.29. The van der Waals surface area contributed by atoms with Crippen molar-refractivity contribution in [1.29, 1.82) is 0 Å². The van der Waals surface area contributed by atoms with Crippen LogP contribution < -0.4 is 10.6 Å². The van der Waals surface area contributed by atoms with E-state index in [1.54, 1.807) is 0 Å². The Balaban J connectivity index is 1.65. The number of nitrogens with one attached hydrogen (secondary N) is 2. The van der Waals surface area contributed by atoms with Crippen LogP contribution in [0.2, 0.25) is 0 Å². The van der Waals surface area contributed by atoms with Gasteiger partial charge in [-0.15, -0.1) is 0 Å². The largest absolute Gasteiger partial charge is 0.373 e. The highest BCUT2D eigenvalue weighted by molar-refractivity contribution is 5.93. The van der Waals surface area contributed by atoms with Gasteiger partial charge in [-0.05, 0) is 44.5 Å². The molecular formula is C19H29N3O2. The van der Waals surface area contributed by atoms with Crippen molar-refractivity contribution in [2.75, 3.05) is 31.5 Å². The lowest BCUT2D eigenvalue weighted by atomic mass is 9.88. The maximum atomic E-state index is 12.5. The average molecular weight is 331 g/mol. The Morgan fingerprint density at radius 1 is 1.29 bits per heavy atom. The average Bonchev–Trinajstić information content (AvgIpc) is 2.46. The van der Waals surface area contributed by atoms with Crippen LogP contribution in [0.1, 0.15) is 26.3 Å². The fourth-order valence-electron chi connectivity index (χ4n) is 3.56. The second-order valence-electron chi connectivity index (χ2n) is 7.30. The van der Waals surface area contributed by atoms with E-state index in [2.05, 4.69) is 35.4 Å². The van der Waals surface area contributed by atoms with Gasteiger partial charge >= 0.3 is 0 Å². The Labute approximate surface area is 144 Å². The van der Waals surface area contributed by atoms with Crippen molar-refractivity contribution < 1.29 is 9.53 Å². The van der Waals surface area contributed by atoms with Gasteiger partial charge < -0.3 is 15.4 Å². The first kappa shape index (κ1) is 17.4. The number of anilines is 1. The lowest BCUT2D eigenvalue weighted by Crippen LogP contribution is -2.48. The van der Waals surface area contributed by atoms with E-state index in [0.717, 1.165) is 38.4 Å². The zero-order chi connectivity index (χ0) is 17.1. The lowest BCUT2D eigenvalue weighted by molar-refractivity contribution is -0.121. The van der Waals surface area contributed by atoms with E-state index in [-0.39, 0.29) is 24.0 Å². The number of hydrogen-bond acceptors (Lipinski definition) is 4. The van der Waals surface area contributed by atoms with Crippen LogP contribution in [0.4, 0.5) is 5.69 Å². The number of rotatable bonds is 5. The van der Waals surface area contributed by atoms with Crippen molar-refractivity contribution in [1.82, 2.24) is 10.2 Å². The molecule has 3 atom stereocenters. The number of para-hydroxylation sites is 1. The van der Waals surface area contributed by atoms with Crippen molar-refractivity contribution in [2.24, 2.45) is 11.8 Å². The van der Waals surface area contributed by atoms with Crippen LogP contribution >= 0.6 is 0 Å². The van der Waals surface area contributed by atoms with Gasteiger partial charge in [-0.2, -0.15) is 0 Å². The minimum atomic E-state index is 0.0442. The number of carbonyl (C=O) groups is 1. The third-order valence-corrected chi connectivity index (χ3v) is 5.10. The Bertz CT molecular complexity index is 563. The summed E-state index contributed by atoms with van der Waals surface area (Å²) < 4.78 is 5.81. The van der Waals surface area contributed by atoms with E-state index in [1.807, 2.05) is 25.1 Å². The molecule has 24 heavy (non-hydrogen) atoms. The summed E-state index contributed by atoms with van der Waals surface area (Å²) in [4.78, 5) is 14.9. The summed E-state index contributed by atoms with van der Waals surface area (Å²) >= 11 is 0. The molecule has 3 rings (SSSR count). The third-order valence-electron chi connectivity index (χ3n) is 5.10. The van der Waals surface area contributed by atoms with Gasteiger partial charge in [0.05, 0.1) is 12.2 Å². The summed E-state index contributed by atoms with van der Waals surface area (Å²) in [5.41, 5.74) is 2.11. The molecule has 2 aliphatic heterocycles. The molecule has 1 amide bonds. The zero-order valence-corrected chi connectivity index (χ0v) is 14.9. The molecule has 2 N–H and O–H groups in total. The minimum absolute atomic E-state index is 0.0442. The standard InChI is InChI=1S/C19H29N3O2/c1-13-10-22(11-14(2)24-13)12-16-6-4-5-7-18(16)21-19(23)15(3)17-8-20-9-17/h4-7,13-15,17,20H,8-12H2,1-3H3,(H,21,23). The van der Waals surface area contributed by atoms with Gasteiger partial charge in [-0.1, -0.05) is 25.1 Å². The Hall–Kier alpha value is -1.43. The first-order valence-electron chi connectivity index (χ1n) is 9.00. The van der Waals surface area contributed by atoms with Crippen LogP contribution in [-0.2, 0) is 16.1 Å². The summed E-state index contributed by atoms with van der Waals surface area (Å²) in [6.07, 6.45) is 0.503. The molecule has 2 saturated heterocycles. The second kappa shape index (κ2) is 7.64. The molecule has 1 aromatic carbocycles. The topological polar surface area (TPSA) is 53.6 Å². The van der Waals surface area contributed by atoms with Gasteiger partial charge in [0, 0.05) is 31.2 Å². The monoisotopic (exact) mass is 331 g/mol. The van der Waals surface area contributed by atoms with E-state index in [9.17, 15) is 4.79 Å². The molecule has 2 aliphatic rings. The Kier molecular flexibility index (Phi) is 5.54. The quantitative estimate of drug-likeness (QED) is 0.867. The molecule has 3 unspecified atom stereocenters. The van der Waals surface area contributed by atoms with E-state index >= 15 is 0 Å². The smallest absolute Gasteiger partial charge is 0.227 e. The summed E-state index contributed by atoms with van der Waals surface area (Å²) in [5.74, 6) is 0.624. The van der Waals surface area contributed by atoms with Crippen molar-refractivity contribution >= 4 is 11.6 Å². The second-order valence-corrected chi connectivity index (χ2v) is 7.30. The Morgan fingerprint density at radius 3 is 2.58 bits per heavy atom. The van der Waals surface area contributed by atoms with Crippen LogP contribution in [-0.4, -0.2) is 49.2 Å². The van der Waals surface area contributed by atoms with Crippen molar-refractivity contribution in [3.05, 3.63) is 29.8 Å². The third kappa shape index (κ3) is 4.15. The molecule has 1 aromatic rings. The number of ether oxygens (including phenoxy) is 1. The molecule has 132 valence electrons. The highest BCUT2D eigenvalue weighted by Crippen LogP contribution is 2.23. The molecule has 0 saturated carbocycles. The SMILES string of the molecule is CC1CN(Cc2ccccc2NC(=O)C(C)C2CNC2)CC(C)O1. The van der Waals surface area contributed by atoms with Gasteiger partial charge in [-0.25, -0.2) is 0 Å². The van der Waals surface area contributed by atoms with Crippen molar-refractivity contribution in [3.8, 4) is 0 Å². The first-order valence-corrected chi connectivity index (χ1v) is 9.00. The number of carbonyl (C=O) groups excluding carboxylic acids is 1. The fraction of sp³-hybridized carbons (Fsp3) is 0.632. The van der Waals surface area contributed by atoms with E-state index in [4.69, 9.17) is 4.74 Å². The molecule has 0 bridgehead atoms. The summed E-state index contributed by atoms with van der Waals surface area (Å²) in [6.45, 7) is 10.8. The van der Waals surface area contributed by atoms with E-state index in [0.29, 0.717) is 5.92 Å². The molecule has 5 nitrogen and oxygen atoms in total. The van der Waals surface area contributed by atoms with Gasteiger partial charge in [0.2, 0.25) is 5.91 Å². The summed E-state index contributed by atoms with van der Waals surface area (Å²) in [6, 6.07) is 8.14. The van der Waals surface area contributed by atoms with E-state index in [1.165, 1.54) is 5.56 Å². The molecular weight excluding hydrogens is 302 g/mol. The fourth-order valence-corrected chi connectivity index (χ4v) is 3.56. The molecule has 0 spiro atoms. The van der Waals surface area contributed by atoms with Gasteiger partial charge in [0.15, 0.2) is 0 Å². The molecule has 0 aliphatic carbocycles. The number of benzene rings is 1. The van der Waals surface area contributed by atoms with Crippen LogP contribution in [0.15, 0.2) is 24.3 Å². The molecule has 5 heteroatoms. The number of amides is 1. The highest BCUT2D eigenvalue weighted by atomic mass is 16.5. The number of hydrogen-bond donors (Lipinski definition) is 2. The predicted molar refractivity (Wildman–Crippen MR) is 95.9 cm³/mol.